The Morgan fingerprint density at radius 3 is 2.89 bits per heavy atom. The second kappa shape index (κ2) is 6.44. The number of carbonyl (C=O) groups excluding carboxylic acids is 1. The molecule has 2 N–H and O–H groups in total. The summed E-state index contributed by atoms with van der Waals surface area (Å²) in [6, 6.07) is 5.15. The van der Waals surface area contributed by atoms with Gasteiger partial charge in [0.1, 0.15) is 11.5 Å². The van der Waals surface area contributed by atoms with Gasteiger partial charge in [-0.25, -0.2) is 9.48 Å². The van der Waals surface area contributed by atoms with Crippen molar-refractivity contribution in [3.63, 3.8) is 0 Å². The quantitative estimate of drug-likeness (QED) is 0.856. The Hall–Kier alpha value is -2.77. The van der Waals surface area contributed by atoms with Crippen molar-refractivity contribution < 1.29 is 19.1 Å². The van der Waals surface area contributed by atoms with Crippen LogP contribution in [0.25, 0.3) is 11.5 Å². The van der Waals surface area contributed by atoms with E-state index in [1.54, 1.807) is 28.0 Å². The van der Waals surface area contributed by atoms with Crippen LogP contribution in [0.1, 0.15) is 39.2 Å². The number of nitrogens with zero attached hydrogens (tertiary/aromatic N) is 3. The zero-order valence-corrected chi connectivity index (χ0v) is 15.5. The number of carboxylic acid groups (broad SMARTS) is 1. The van der Waals surface area contributed by atoms with Gasteiger partial charge in [0.15, 0.2) is 5.76 Å². The minimum absolute atomic E-state index is 0.0365. The SMILES string of the molecule is CC(C)n1nc(-c2ccco2)cc1NC(=O)N1C[C@@H]2CCC[C@@]2(C(=O)O)C1. The third kappa shape index (κ3) is 2.89. The van der Waals surface area contributed by atoms with Gasteiger partial charge in [0.05, 0.1) is 11.7 Å². The van der Waals surface area contributed by atoms with Gasteiger partial charge in [0.25, 0.3) is 0 Å². The molecule has 1 saturated heterocycles. The third-order valence-corrected chi connectivity index (χ3v) is 5.82. The van der Waals surface area contributed by atoms with E-state index < -0.39 is 11.4 Å². The van der Waals surface area contributed by atoms with Crippen LogP contribution in [0.2, 0.25) is 0 Å². The molecule has 0 aromatic carbocycles. The highest BCUT2D eigenvalue weighted by Gasteiger charge is 2.55. The van der Waals surface area contributed by atoms with Gasteiger partial charge in [-0.15, -0.1) is 0 Å². The molecule has 2 aliphatic rings. The van der Waals surface area contributed by atoms with E-state index in [1.807, 2.05) is 19.9 Å². The summed E-state index contributed by atoms with van der Waals surface area (Å²) in [6.07, 6.45) is 4.00. The van der Waals surface area contributed by atoms with Crippen molar-refractivity contribution in [2.75, 3.05) is 18.4 Å². The average Bonchev–Trinajstić information content (AvgIpc) is 3.36. The van der Waals surface area contributed by atoms with E-state index >= 15 is 0 Å². The number of anilines is 1. The lowest BCUT2D eigenvalue weighted by atomic mass is 9.81. The number of furan rings is 1. The van der Waals surface area contributed by atoms with Gasteiger partial charge in [-0.2, -0.15) is 5.10 Å². The summed E-state index contributed by atoms with van der Waals surface area (Å²) in [5.74, 6) is 0.454. The van der Waals surface area contributed by atoms with Crippen molar-refractivity contribution in [1.29, 1.82) is 0 Å². The number of urea groups is 1. The predicted octanol–water partition coefficient (Wildman–Crippen LogP) is 3.44. The monoisotopic (exact) mass is 372 g/mol. The number of aliphatic carboxylic acids is 1. The fraction of sp³-hybridized carbons (Fsp3) is 0.526. The number of fused-ring (bicyclic) bond motifs is 1. The Bertz CT molecular complexity index is 857. The summed E-state index contributed by atoms with van der Waals surface area (Å²) >= 11 is 0. The molecule has 1 aliphatic heterocycles. The van der Waals surface area contributed by atoms with Crippen LogP contribution in [0.15, 0.2) is 28.9 Å². The molecular weight excluding hydrogens is 348 g/mol. The van der Waals surface area contributed by atoms with Crippen molar-refractivity contribution in [1.82, 2.24) is 14.7 Å². The normalized spacial score (nSPS) is 24.4. The Morgan fingerprint density at radius 1 is 1.44 bits per heavy atom. The van der Waals surface area contributed by atoms with Crippen molar-refractivity contribution in [3.8, 4) is 11.5 Å². The van der Waals surface area contributed by atoms with Crippen molar-refractivity contribution in [2.24, 2.45) is 11.3 Å². The van der Waals surface area contributed by atoms with Gasteiger partial charge < -0.3 is 14.4 Å². The fourth-order valence-corrected chi connectivity index (χ4v) is 4.41. The molecule has 3 heterocycles. The first kappa shape index (κ1) is 17.6. The Labute approximate surface area is 157 Å². The first-order valence-electron chi connectivity index (χ1n) is 9.33. The summed E-state index contributed by atoms with van der Waals surface area (Å²) in [5.41, 5.74) is -0.140. The molecular formula is C19H24N4O4. The van der Waals surface area contributed by atoms with Crippen LogP contribution in [0, 0.1) is 11.3 Å². The molecule has 0 spiro atoms. The molecule has 8 nitrogen and oxygen atoms in total. The van der Waals surface area contributed by atoms with Gasteiger partial charge >= 0.3 is 12.0 Å². The number of hydrogen-bond acceptors (Lipinski definition) is 4. The van der Waals surface area contributed by atoms with Crippen LogP contribution in [0.4, 0.5) is 10.6 Å². The van der Waals surface area contributed by atoms with Crippen LogP contribution in [-0.4, -0.2) is 44.9 Å². The van der Waals surface area contributed by atoms with Crippen LogP contribution in [0.5, 0.6) is 0 Å². The number of carboxylic acids is 1. The minimum Gasteiger partial charge on any atom is -0.481 e. The average molecular weight is 372 g/mol. The molecule has 2 aromatic rings. The van der Waals surface area contributed by atoms with Crippen LogP contribution in [-0.2, 0) is 4.79 Å². The highest BCUT2D eigenvalue weighted by Crippen LogP contribution is 2.49. The highest BCUT2D eigenvalue weighted by atomic mass is 16.4. The zero-order valence-electron chi connectivity index (χ0n) is 15.5. The number of carbonyl (C=O) groups is 2. The molecule has 2 fully saturated rings. The molecule has 144 valence electrons. The van der Waals surface area contributed by atoms with E-state index in [4.69, 9.17) is 4.42 Å². The topological polar surface area (TPSA) is 101 Å². The number of aromatic nitrogens is 2. The standard InChI is InChI=1S/C19H24N4O4/c1-12(2)23-16(9-14(21-23)15-6-4-8-27-15)20-18(26)22-10-13-5-3-7-19(13,11-22)17(24)25/h4,6,8-9,12-13H,3,5,7,10-11H2,1-2H3,(H,20,26)(H,24,25)/t13-,19+/m0/s1. The van der Waals surface area contributed by atoms with Gasteiger partial charge in [-0.05, 0) is 44.7 Å². The lowest BCUT2D eigenvalue weighted by Gasteiger charge is -2.23. The van der Waals surface area contributed by atoms with Gasteiger partial charge in [-0.3, -0.25) is 10.1 Å². The van der Waals surface area contributed by atoms with E-state index in [1.165, 1.54) is 0 Å². The summed E-state index contributed by atoms with van der Waals surface area (Å²) in [7, 11) is 0. The first-order chi connectivity index (χ1) is 12.9. The predicted molar refractivity (Wildman–Crippen MR) is 98.3 cm³/mol. The van der Waals surface area contributed by atoms with Gasteiger partial charge in [-0.1, -0.05) is 6.42 Å². The van der Waals surface area contributed by atoms with Gasteiger partial charge in [0, 0.05) is 25.2 Å². The molecule has 27 heavy (non-hydrogen) atoms. The highest BCUT2D eigenvalue weighted by molar-refractivity contribution is 5.90. The van der Waals surface area contributed by atoms with E-state index in [0.717, 1.165) is 12.8 Å². The van der Waals surface area contributed by atoms with Crippen molar-refractivity contribution in [3.05, 3.63) is 24.5 Å². The number of amides is 2. The number of nitrogens with one attached hydrogen (secondary N) is 1. The smallest absolute Gasteiger partial charge is 0.323 e. The summed E-state index contributed by atoms with van der Waals surface area (Å²) in [6.45, 7) is 4.71. The molecule has 0 unspecified atom stereocenters. The molecule has 0 radical (unpaired) electrons. The maximum Gasteiger partial charge on any atom is 0.323 e. The van der Waals surface area contributed by atoms with Crippen molar-refractivity contribution in [2.45, 2.75) is 39.2 Å². The van der Waals surface area contributed by atoms with E-state index in [0.29, 0.717) is 30.2 Å². The number of rotatable bonds is 4. The molecule has 2 amide bonds. The lowest BCUT2D eigenvalue weighted by molar-refractivity contribution is -0.149. The molecule has 2 aromatic heterocycles. The molecule has 1 aliphatic carbocycles. The molecule has 0 bridgehead atoms. The van der Waals surface area contributed by atoms with E-state index in [2.05, 4.69) is 10.4 Å². The number of likely N-dealkylation sites (tertiary alicyclic amines) is 1. The molecule has 1 saturated carbocycles. The largest absolute Gasteiger partial charge is 0.481 e. The zero-order chi connectivity index (χ0) is 19.2. The summed E-state index contributed by atoms with van der Waals surface area (Å²) in [4.78, 5) is 26.3. The van der Waals surface area contributed by atoms with E-state index in [9.17, 15) is 14.7 Å². The molecule has 2 atom stereocenters. The maximum atomic E-state index is 12.8. The summed E-state index contributed by atoms with van der Waals surface area (Å²) < 4.78 is 7.13. The second-order valence-corrected chi connectivity index (χ2v) is 7.79. The Kier molecular flexibility index (Phi) is 4.20. The lowest BCUT2D eigenvalue weighted by Crippen LogP contribution is -2.39. The fourth-order valence-electron chi connectivity index (χ4n) is 4.41. The Morgan fingerprint density at radius 2 is 2.26 bits per heavy atom. The van der Waals surface area contributed by atoms with E-state index in [-0.39, 0.29) is 24.5 Å². The minimum atomic E-state index is -0.785. The van der Waals surface area contributed by atoms with Crippen LogP contribution in [0.3, 0.4) is 0 Å². The van der Waals surface area contributed by atoms with Crippen molar-refractivity contribution >= 4 is 17.8 Å². The first-order valence-corrected chi connectivity index (χ1v) is 9.33. The third-order valence-electron chi connectivity index (χ3n) is 5.82. The van der Waals surface area contributed by atoms with Crippen LogP contribution >= 0.6 is 0 Å². The molecule has 4 rings (SSSR count). The summed E-state index contributed by atoms with van der Waals surface area (Å²) in [5, 5.41) is 17.1. The maximum absolute atomic E-state index is 12.8. The second-order valence-electron chi connectivity index (χ2n) is 7.79. The van der Waals surface area contributed by atoms with Crippen LogP contribution < -0.4 is 5.32 Å². The number of hydrogen-bond donors (Lipinski definition) is 2. The van der Waals surface area contributed by atoms with Gasteiger partial charge in [0.2, 0.25) is 0 Å². The molecule has 8 heteroatoms. The Balaban J connectivity index is 1.54.